The number of amides is 1. The van der Waals surface area contributed by atoms with Gasteiger partial charge in [-0.3, -0.25) is 4.79 Å². The fraction of sp³-hybridized carbons (Fsp3) is 0.0625. The summed E-state index contributed by atoms with van der Waals surface area (Å²) in [6.07, 6.45) is 0. The number of carbonyl (C=O) groups excluding carboxylic acids is 1. The first-order valence-electron chi connectivity index (χ1n) is 6.40. The van der Waals surface area contributed by atoms with Crippen LogP contribution in [0.2, 0.25) is 0 Å². The molecule has 1 amide bonds. The lowest BCUT2D eigenvalue weighted by atomic mass is 10.2. The first-order chi connectivity index (χ1) is 10.1. The van der Waals surface area contributed by atoms with Crippen LogP contribution in [0.3, 0.4) is 0 Å². The number of anilines is 3. The fourth-order valence-corrected chi connectivity index (χ4v) is 1.66. The molecule has 0 radical (unpaired) electrons. The van der Waals surface area contributed by atoms with Gasteiger partial charge in [-0.2, -0.15) is 5.11 Å². The standard InChI is InChI=1S/C16H16N4O/c1-11(2)16(21)19-14-5-3-12(4-6-14)18-13-7-9-15(20-17)10-8-13/h3-10,17-18H,1H2,2H3,(H,19,21). The number of nitrogens with zero attached hydrogens (tertiary/aromatic N) is 1. The van der Waals surface area contributed by atoms with E-state index in [-0.39, 0.29) is 5.91 Å². The van der Waals surface area contributed by atoms with Crippen LogP contribution < -0.4 is 10.6 Å². The Hall–Kier alpha value is -2.95. The van der Waals surface area contributed by atoms with Crippen molar-refractivity contribution in [3.8, 4) is 0 Å². The van der Waals surface area contributed by atoms with E-state index < -0.39 is 0 Å². The fourth-order valence-electron chi connectivity index (χ4n) is 1.66. The summed E-state index contributed by atoms with van der Waals surface area (Å²) in [6.45, 7) is 5.26. The van der Waals surface area contributed by atoms with Crippen molar-refractivity contribution in [1.82, 2.24) is 0 Å². The molecule has 3 N–H and O–H groups in total. The second kappa shape index (κ2) is 6.47. The van der Waals surface area contributed by atoms with Crippen LogP contribution in [0.1, 0.15) is 6.92 Å². The molecule has 5 heteroatoms. The van der Waals surface area contributed by atoms with Gasteiger partial charge in [0.25, 0.3) is 5.91 Å². The molecule has 0 aliphatic carbocycles. The zero-order valence-corrected chi connectivity index (χ0v) is 11.7. The van der Waals surface area contributed by atoms with Crippen molar-refractivity contribution in [2.24, 2.45) is 5.11 Å². The van der Waals surface area contributed by atoms with Crippen molar-refractivity contribution in [2.75, 3.05) is 10.6 Å². The van der Waals surface area contributed by atoms with Crippen LogP contribution in [-0.2, 0) is 4.79 Å². The monoisotopic (exact) mass is 280 g/mol. The van der Waals surface area contributed by atoms with Crippen molar-refractivity contribution in [2.45, 2.75) is 6.92 Å². The van der Waals surface area contributed by atoms with Gasteiger partial charge in [0.15, 0.2) is 0 Å². The van der Waals surface area contributed by atoms with Crippen molar-refractivity contribution in [3.63, 3.8) is 0 Å². The number of carbonyl (C=O) groups is 1. The number of nitrogens with one attached hydrogen (secondary N) is 3. The second-order valence-electron chi connectivity index (χ2n) is 4.60. The summed E-state index contributed by atoms with van der Waals surface area (Å²) in [5.41, 5.74) is 10.5. The van der Waals surface area contributed by atoms with E-state index in [4.69, 9.17) is 5.53 Å². The van der Waals surface area contributed by atoms with Gasteiger partial charge in [-0.1, -0.05) is 6.58 Å². The molecule has 0 aromatic heterocycles. The van der Waals surface area contributed by atoms with Crippen LogP contribution in [0.5, 0.6) is 0 Å². The maximum Gasteiger partial charge on any atom is 0.250 e. The molecular formula is C16H16N4O. The first kappa shape index (κ1) is 14.5. The lowest BCUT2D eigenvalue weighted by Gasteiger charge is -2.08. The topological polar surface area (TPSA) is 77.3 Å². The third-order valence-electron chi connectivity index (χ3n) is 2.82. The highest BCUT2D eigenvalue weighted by Gasteiger charge is 2.02. The first-order valence-corrected chi connectivity index (χ1v) is 6.40. The maximum atomic E-state index is 11.5. The summed E-state index contributed by atoms with van der Waals surface area (Å²) in [6, 6.07) is 14.6. The molecule has 2 aromatic carbocycles. The summed E-state index contributed by atoms with van der Waals surface area (Å²) in [4.78, 5) is 11.5. The molecule has 0 bridgehead atoms. The molecule has 106 valence electrons. The Morgan fingerprint density at radius 2 is 1.48 bits per heavy atom. The summed E-state index contributed by atoms with van der Waals surface area (Å²) >= 11 is 0. The SMILES string of the molecule is C=C(C)C(=O)Nc1ccc(Nc2ccc(N=N)cc2)cc1. The van der Waals surface area contributed by atoms with Gasteiger partial charge < -0.3 is 10.6 Å². The highest BCUT2D eigenvalue weighted by atomic mass is 16.1. The number of benzene rings is 2. The summed E-state index contributed by atoms with van der Waals surface area (Å²) in [5, 5.41) is 9.32. The van der Waals surface area contributed by atoms with Crippen LogP contribution in [0.25, 0.3) is 0 Å². The lowest BCUT2D eigenvalue weighted by Crippen LogP contribution is -2.11. The van der Waals surface area contributed by atoms with Gasteiger partial charge in [0.05, 0.1) is 5.69 Å². The molecule has 0 fully saturated rings. The Balaban J connectivity index is 2.03. The van der Waals surface area contributed by atoms with E-state index in [1.165, 1.54) is 0 Å². The summed E-state index contributed by atoms with van der Waals surface area (Å²) in [7, 11) is 0. The Morgan fingerprint density at radius 3 is 1.95 bits per heavy atom. The lowest BCUT2D eigenvalue weighted by molar-refractivity contribution is -0.112. The third kappa shape index (κ3) is 4.01. The van der Waals surface area contributed by atoms with E-state index in [0.717, 1.165) is 17.1 Å². The van der Waals surface area contributed by atoms with Gasteiger partial charge in [-0.25, -0.2) is 5.53 Å². The molecule has 5 nitrogen and oxygen atoms in total. The predicted molar refractivity (Wildman–Crippen MR) is 84.4 cm³/mol. The van der Waals surface area contributed by atoms with E-state index in [9.17, 15) is 4.79 Å². The number of hydrogen-bond acceptors (Lipinski definition) is 4. The zero-order valence-electron chi connectivity index (χ0n) is 11.7. The van der Waals surface area contributed by atoms with Crippen molar-refractivity contribution < 1.29 is 4.79 Å². The minimum atomic E-state index is -0.189. The molecular weight excluding hydrogens is 264 g/mol. The molecule has 0 saturated carbocycles. The van der Waals surface area contributed by atoms with Crippen LogP contribution in [0.4, 0.5) is 22.7 Å². The number of rotatable bonds is 5. The van der Waals surface area contributed by atoms with Crippen LogP contribution in [-0.4, -0.2) is 5.91 Å². The van der Waals surface area contributed by atoms with Gasteiger partial charge in [-0.05, 0) is 55.5 Å². The van der Waals surface area contributed by atoms with Crippen LogP contribution >= 0.6 is 0 Å². The van der Waals surface area contributed by atoms with E-state index >= 15 is 0 Å². The highest BCUT2D eigenvalue weighted by Crippen LogP contribution is 2.21. The average Bonchev–Trinajstić information content (AvgIpc) is 2.50. The van der Waals surface area contributed by atoms with Gasteiger partial charge in [0.2, 0.25) is 0 Å². The quantitative estimate of drug-likeness (QED) is 0.552. The highest BCUT2D eigenvalue weighted by molar-refractivity contribution is 6.02. The summed E-state index contributed by atoms with van der Waals surface area (Å²) in [5.74, 6) is -0.189. The Labute approximate surface area is 123 Å². The number of hydrogen-bond donors (Lipinski definition) is 3. The minimum absolute atomic E-state index is 0.189. The maximum absolute atomic E-state index is 11.5. The molecule has 21 heavy (non-hydrogen) atoms. The van der Waals surface area contributed by atoms with Gasteiger partial charge in [-0.15, -0.1) is 0 Å². The molecule has 0 aliphatic heterocycles. The van der Waals surface area contributed by atoms with Gasteiger partial charge in [0, 0.05) is 22.6 Å². The van der Waals surface area contributed by atoms with Crippen LogP contribution in [0.15, 0.2) is 65.8 Å². The summed E-state index contributed by atoms with van der Waals surface area (Å²) < 4.78 is 0. The largest absolute Gasteiger partial charge is 0.356 e. The van der Waals surface area contributed by atoms with Gasteiger partial charge in [0.1, 0.15) is 0 Å². The molecule has 2 aromatic rings. The molecule has 0 aliphatic rings. The van der Waals surface area contributed by atoms with Crippen molar-refractivity contribution in [1.29, 1.82) is 5.53 Å². The molecule has 0 atom stereocenters. The molecule has 0 saturated heterocycles. The average molecular weight is 280 g/mol. The van der Waals surface area contributed by atoms with Crippen LogP contribution in [0, 0.1) is 5.53 Å². The normalized spacial score (nSPS) is 9.76. The van der Waals surface area contributed by atoms with Crippen molar-refractivity contribution in [3.05, 3.63) is 60.7 Å². The molecule has 0 spiro atoms. The Kier molecular flexibility index (Phi) is 4.46. The third-order valence-corrected chi connectivity index (χ3v) is 2.82. The molecule has 2 rings (SSSR count). The van der Waals surface area contributed by atoms with Crippen molar-refractivity contribution >= 4 is 28.7 Å². The van der Waals surface area contributed by atoms with E-state index in [2.05, 4.69) is 22.3 Å². The molecule has 0 heterocycles. The van der Waals surface area contributed by atoms with Gasteiger partial charge >= 0.3 is 0 Å². The Bertz CT molecular complexity index is 660. The minimum Gasteiger partial charge on any atom is -0.356 e. The van der Waals surface area contributed by atoms with E-state index in [1.807, 2.05) is 36.4 Å². The zero-order chi connectivity index (χ0) is 15.2. The molecule has 0 unspecified atom stereocenters. The predicted octanol–water partition coefficient (Wildman–Crippen LogP) is 4.61. The smallest absolute Gasteiger partial charge is 0.250 e. The van der Waals surface area contributed by atoms with E-state index in [1.54, 1.807) is 19.1 Å². The second-order valence-corrected chi connectivity index (χ2v) is 4.60. The Morgan fingerprint density at radius 1 is 1.00 bits per heavy atom. The van der Waals surface area contributed by atoms with E-state index in [0.29, 0.717) is 11.3 Å².